The minimum absolute atomic E-state index is 0.126. The van der Waals surface area contributed by atoms with E-state index in [0.717, 1.165) is 17.7 Å². The lowest BCUT2D eigenvalue weighted by molar-refractivity contribution is 0.245. The second-order valence-electron chi connectivity index (χ2n) is 6.06. The Balaban J connectivity index is 1.57. The van der Waals surface area contributed by atoms with E-state index in [2.05, 4.69) is 27.0 Å². The van der Waals surface area contributed by atoms with Gasteiger partial charge in [-0.05, 0) is 36.8 Å². The third kappa shape index (κ3) is 4.50. The Morgan fingerprint density at radius 3 is 3.04 bits per heavy atom. The zero-order chi connectivity index (χ0) is 16.8. The number of nitrogens with zero attached hydrogens (tertiary/aromatic N) is 3. The summed E-state index contributed by atoms with van der Waals surface area (Å²) < 4.78 is 1.75. The number of carbonyl (C=O) groups excluding carboxylic acids is 1. The second-order valence-corrected chi connectivity index (χ2v) is 7.13. The molecule has 128 valence electrons. The first kappa shape index (κ1) is 16.8. The smallest absolute Gasteiger partial charge is 0.319 e. The summed E-state index contributed by atoms with van der Waals surface area (Å²) in [5.41, 5.74) is 1.86. The highest BCUT2D eigenvalue weighted by molar-refractivity contribution is 7.99. The lowest BCUT2D eigenvalue weighted by Crippen LogP contribution is -2.45. The monoisotopic (exact) mass is 345 g/mol. The van der Waals surface area contributed by atoms with Crippen molar-refractivity contribution in [2.24, 2.45) is 0 Å². The largest absolute Gasteiger partial charge is 0.334 e. The van der Waals surface area contributed by atoms with Crippen LogP contribution in [0.5, 0.6) is 0 Å². The van der Waals surface area contributed by atoms with Gasteiger partial charge in [0, 0.05) is 17.0 Å². The molecule has 1 aliphatic carbocycles. The first-order valence-corrected chi connectivity index (χ1v) is 9.55. The molecule has 3 rings (SSSR count). The van der Waals surface area contributed by atoms with Gasteiger partial charge in [0.25, 0.3) is 0 Å². The highest BCUT2D eigenvalue weighted by Crippen LogP contribution is 2.27. The van der Waals surface area contributed by atoms with Crippen LogP contribution in [0.3, 0.4) is 0 Å². The van der Waals surface area contributed by atoms with Gasteiger partial charge in [0.15, 0.2) is 0 Å². The molecular weight excluding hydrogens is 322 g/mol. The van der Waals surface area contributed by atoms with Crippen LogP contribution in [-0.4, -0.2) is 38.3 Å². The second kappa shape index (κ2) is 8.19. The fraction of sp³-hybridized carbons (Fsp3) is 0.471. The predicted molar refractivity (Wildman–Crippen MR) is 97.3 cm³/mol. The number of anilines is 1. The number of amides is 2. The molecule has 24 heavy (non-hydrogen) atoms. The van der Waals surface area contributed by atoms with Gasteiger partial charge in [-0.25, -0.2) is 14.5 Å². The highest BCUT2D eigenvalue weighted by Gasteiger charge is 2.25. The van der Waals surface area contributed by atoms with E-state index in [0.29, 0.717) is 11.8 Å². The van der Waals surface area contributed by atoms with Crippen molar-refractivity contribution in [2.45, 2.75) is 43.5 Å². The Kier molecular flexibility index (Phi) is 5.74. The number of hydrogen-bond donors (Lipinski definition) is 2. The standard InChI is InChI=1S/C17H23N5OS/c1-24-16-8-3-2-7-15(16)21-17(23)20-14-6-4-5-13(9-14)10-22-12-18-11-19-22/h4-6,9,11-12,15-16H,2-3,7-8,10H2,1H3,(H2,20,21,23)/t15-,16-/m1/s1. The molecule has 2 atom stereocenters. The van der Waals surface area contributed by atoms with Gasteiger partial charge in [-0.15, -0.1) is 0 Å². The maximum atomic E-state index is 12.3. The van der Waals surface area contributed by atoms with E-state index in [4.69, 9.17) is 0 Å². The molecular formula is C17H23N5OS. The van der Waals surface area contributed by atoms with Gasteiger partial charge in [0.1, 0.15) is 12.7 Å². The van der Waals surface area contributed by atoms with E-state index in [-0.39, 0.29) is 12.1 Å². The number of hydrogen-bond acceptors (Lipinski definition) is 4. The van der Waals surface area contributed by atoms with Crippen molar-refractivity contribution in [1.29, 1.82) is 0 Å². The van der Waals surface area contributed by atoms with Crippen LogP contribution in [0, 0.1) is 0 Å². The molecule has 0 radical (unpaired) electrons. The molecule has 1 aromatic carbocycles. The van der Waals surface area contributed by atoms with Crippen LogP contribution in [0.15, 0.2) is 36.9 Å². The summed E-state index contributed by atoms with van der Waals surface area (Å²) in [5, 5.41) is 10.7. The molecule has 1 saturated carbocycles. The molecule has 1 aromatic heterocycles. The number of aromatic nitrogens is 3. The van der Waals surface area contributed by atoms with Crippen LogP contribution < -0.4 is 10.6 Å². The van der Waals surface area contributed by atoms with Gasteiger partial charge in [0.05, 0.1) is 6.54 Å². The van der Waals surface area contributed by atoms with Crippen molar-refractivity contribution in [2.75, 3.05) is 11.6 Å². The van der Waals surface area contributed by atoms with Crippen molar-refractivity contribution in [3.8, 4) is 0 Å². The molecule has 7 heteroatoms. The Labute approximate surface area is 146 Å². The van der Waals surface area contributed by atoms with E-state index in [9.17, 15) is 4.79 Å². The van der Waals surface area contributed by atoms with Crippen LogP contribution in [-0.2, 0) is 6.54 Å². The fourth-order valence-electron chi connectivity index (χ4n) is 3.13. The Morgan fingerprint density at radius 2 is 2.25 bits per heavy atom. The topological polar surface area (TPSA) is 71.8 Å². The molecule has 1 fully saturated rings. The quantitative estimate of drug-likeness (QED) is 0.873. The van der Waals surface area contributed by atoms with Crippen LogP contribution in [0.2, 0.25) is 0 Å². The lowest BCUT2D eigenvalue weighted by Gasteiger charge is -2.30. The maximum Gasteiger partial charge on any atom is 0.319 e. The summed E-state index contributed by atoms with van der Waals surface area (Å²) >= 11 is 1.85. The normalized spacial score (nSPS) is 20.5. The van der Waals surface area contributed by atoms with Crippen LogP contribution >= 0.6 is 11.8 Å². The molecule has 2 aromatic rings. The van der Waals surface area contributed by atoms with Crippen molar-refractivity contribution >= 4 is 23.5 Å². The van der Waals surface area contributed by atoms with Crippen molar-refractivity contribution in [3.05, 3.63) is 42.5 Å². The summed E-state index contributed by atoms with van der Waals surface area (Å²) in [6.07, 6.45) is 10.0. The molecule has 0 bridgehead atoms. The Bertz CT molecular complexity index is 661. The molecule has 1 heterocycles. The predicted octanol–water partition coefficient (Wildman–Crippen LogP) is 3.12. The minimum Gasteiger partial charge on any atom is -0.334 e. The van der Waals surface area contributed by atoms with Crippen molar-refractivity contribution in [1.82, 2.24) is 20.1 Å². The minimum atomic E-state index is -0.126. The first-order chi connectivity index (χ1) is 11.7. The summed E-state index contributed by atoms with van der Waals surface area (Å²) in [5.74, 6) is 0. The number of nitrogens with one attached hydrogen (secondary N) is 2. The molecule has 2 N–H and O–H groups in total. The molecule has 6 nitrogen and oxygen atoms in total. The molecule has 0 aliphatic heterocycles. The Morgan fingerprint density at radius 1 is 1.38 bits per heavy atom. The number of thioether (sulfide) groups is 1. The van der Waals surface area contributed by atoms with Crippen LogP contribution in [0.4, 0.5) is 10.5 Å². The van der Waals surface area contributed by atoms with Gasteiger partial charge < -0.3 is 10.6 Å². The maximum absolute atomic E-state index is 12.3. The number of urea groups is 1. The van der Waals surface area contributed by atoms with Gasteiger partial charge in [-0.2, -0.15) is 16.9 Å². The number of rotatable bonds is 5. The summed E-state index contributed by atoms with van der Waals surface area (Å²) in [6.45, 7) is 0.633. The molecule has 1 aliphatic rings. The van der Waals surface area contributed by atoms with E-state index < -0.39 is 0 Å². The van der Waals surface area contributed by atoms with Gasteiger partial charge in [-0.3, -0.25) is 0 Å². The average Bonchev–Trinajstić information content (AvgIpc) is 3.08. The SMILES string of the molecule is CS[C@@H]1CCCC[C@H]1NC(=O)Nc1cccc(Cn2cncn2)c1. The van der Waals surface area contributed by atoms with Gasteiger partial charge >= 0.3 is 6.03 Å². The fourth-order valence-corrected chi connectivity index (χ4v) is 4.06. The van der Waals surface area contributed by atoms with E-state index in [1.807, 2.05) is 36.0 Å². The highest BCUT2D eigenvalue weighted by atomic mass is 32.2. The lowest BCUT2D eigenvalue weighted by atomic mass is 9.95. The molecule has 0 spiro atoms. The summed E-state index contributed by atoms with van der Waals surface area (Å²) in [7, 11) is 0. The third-order valence-corrected chi connectivity index (χ3v) is 5.49. The van der Waals surface area contributed by atoms with E-state index in [1.165, 1.54) is 25.6 Å². The van der Waals surface area contributed by atoms with Crippen molar-refractivity contribution < 1.29 is 4.79 Å². The van der Waals surface area contributed by atoms with E-state index in [1.54, 1.807) is 11.0 Å². The zero-order valence-electron chi connectivity index (χ0n) is 13.8. The van der Waals surface area contributed by atoms with Gasteiger partial charge in [0.2, 0.25) is 0 Å². The van der Waals surface area contributed by atoms with Crippen LogP contribution in [0.25, 0.3) is 0 Å². The molecule has 2 amide bonds. The van der Waals surface area contributed by atoms with Crippen molar-refractivity contribution in [3.63, 3.8) is 0 Å². The third-order valence-electron chi connectivity index (χ3n) is 4.32. The number of carbonyl (C=O) groups is 1. The zero-order valence-corrected chi connectivity index (χ0v) is 14.6. The Hall–Kier alpha value is -2.02. The average molecular weight is 345 g/mol. The first-order valence-electron chi connectivity index (χ1n) is 8.26. The van der Waals surface area contributed by atoms with Crippen LogP contribution in [0.1, 0.15) is 31.2 Å². The summed E-state index contributed by atoms with van der Waals surface area (Å²) in [4.78, 5) is 16.3. The van der Waals surface area contributed by atoms with Gasteiger partial charge in [-0.1, -0.05) is 25.0 Å². The summed E-state index contributed by atoms with van der Waals surface area (Å²) in [6, 6.07) is 7.94. The van der Waals surface area contributed by atoms with E-state index >= 15 is 0 Å². The molecule has 0 unspecified atom stereocenters. The number of benzene rings is 1. The molecule has 0 saturated heterocycles.